The van der Waals surface area contributed by atoms with Crippen LogP contribution in [0.2, 0.25) is 0 Å². The first kappa shape index (κ1) is 11.9. The van der Waals surface area contributed by atoms with E-state index in [-0.39, 0.29) is 11.9 Å². The molecular formula is C12H15BrFNO. The zero-order chi connectivity index (χ0) is 11.5. The van der Waals surface area contributed by atoms with E-state index < -0.39 is 0 Å². The molecule has 0 saturated carbocycles. The number of nitrogens with one attached hydrogen (secondary N) is 1. The second-order valence-corrected chi connectivity index (χ2v) is 4.87. The number of piperidine rings is 1. The van der Waals surface area contributed by atoms with Crippen LogP contribution in [0.5, 0.6) is 5.75 Å². The van der Waals surface area contributed by atoms with Gasteiger partial charge in [0.2, 0.25) is 0 Å². The van der Waals surface area contributed by atoms with Crippen molar-refractivity contribution in [3.63, 3.8) is 0 Å². The Labute approximate surface area is 103 Å². The number of hydrogen-bond donors (Lipinski definition) is 1. The summed E-state index contributed by atoms with van der Waals surface area (Å²) in [6.45, 7) is 0.957. The third-order valence-electron chi connectivity index (χ3n) is 2.95. The Bertz CT molecular complexity index is 378. The highest BCUT2D eigenvalue weighted by Crippen LogP contribution is 2.32. The Hall–Kier alpha value is -0.610. The molecule has 1 aromatic carbocycles. The summed E-state index contributed by atoms with van der Waals surface area (Å²) in [7, 11) is 1.59. The fraction of sp³-hybridized carbons (Fsp3) is 0.500. The smallest absolute Gasteiger partial charge is 0.142 e. The molecule has 2 rings (SSSR count). The van der Waals surface area contributed by atoms with Crippen LogP contribution in [0.1, 0.15) is 30.9 Å². The molecule has 1 heterocycles. The van der Waals surface area contributed by atoms with Crippen LogP contribution in [0.15, 0.2) is 16.6 Å². The number of rotatable bonds is 2. The Morgan fingerprint density at radius 3 is 2.88 bits per heavy atom. The average molecular weight is 288 g/mol. The molecule has 0 spiro atoms. The largest absolute Gasteiger partial charge is 0.497 e. The topological polar surface area (TPSA) is 21.3 Å². The summed E-state index contributed by atoms with van der Waals surface area (Å²) < 4.78 is 19.6. The van der Waals surface area contributed by atoms with Gasteiger partial charge < -0.3 is 10.1 Å². The van der Waals surface area contributed by atoms with Crippen molar-refractivity contribution in [2.24, 2.45) is 0 Å². The molecule has 1 fully saturated rings. The van der Waals surface area contributed by atoms with Crippen molar-refractivity contribution >= 4 is 15.9 Å². The maximum Gasteiger partial charge on any atom is 0.142 e. The molecule has 16 heavy (non-hydrogen) atoms. The van der Waals surface area contributed by atoms with Crippen LogP contribution in [0.25, 0.3) is 0 Å². The fourth-order valence-electron chi connectivity index (χ4n) is 2.07. The first-order chi connectivity index (χ1) is 7.72. The first-order valence-corrected chi connectivity index (χ1v) is 6.28. The van der Waals surface area contributed by atoms with Gasteiger partial charge in [-0.15, -0.1) is 0 Å². The summed E-state index contributed by atoms with van der Waals surface area (Å²) in [4.78, 5) is 0. The summed E-state index contributed by atoms with van der Waals surface area (Å²) in [5.74, 6) is 0.510. The summed E-state index contributed by atoms with van der Waals surface area (Å²) in [5.41, 5.74) is 0.700. The number of methoxy groups -OCH3 is 1. The van der Waals surface area contributed by atoms with Crippen molar-refractivity contribution in [1.29, 1.82) is 0 Å². The number of benzene rings is 1. The predicted molar refractivity (Wildman–Crippen MR) is 65.2 cm³/mol. The van der Waals surface area contributed by atoms with Gasteiger partial charge in [-0.2, -0.15) is 0 Å². The van der Waals surface area contributed by atoms with E-state index in [0.29, 0.717) is 15.8 Å². The SMILES string of the molecule is COc1cc(Br)c(F)c(C2CCCCN2)c1. The van der Waals surface area contributed by atoms with Crippen LogP contribution in [0.3, 0.4) is 0 Å². The average Bonchev–Trinajstić information content (AvgIpc) is 2.33. The van der Waals surface area contributed by atoms with Gasteiger partial charge in [0.15, 0.2) is 0 Å². The van der Waals surface area contributed by atoms with E-state index in [9.17, 15) is 4.39 Å². The highest BCUT2D eigenvalue weighted by atomic mass is 79.9. The zero-order valence-corrected chi connectivity index (χ0v) is 10.8. The summed E-state index contributed by atoms with van der Waals surface area (Å²) in [6, 6.07) is 3.55. The van der Waals surface area contributed by atoms with Crippen LogP contribution in [0.4, 0.5) is 4.39 Å². The maximum atomic E-state index is 14.0. The van der Waals surface area contributed by atoms with E-state index in [4.69, 9.17) is 4.74 Å². The number of ether oxygens (including phenoxy) is 1. The Morgan fingerprint density at radius 2 is 2.25 bits per heavy atom. The van der Waals surface area contributed by atoms with Gasteiger partial charge in [-0.05, 0) is 47.4 Å². The van der Waals surface area contributed by atoms with Crippen molar-refractivity contribution in [1.82, 2.24) is 5.32 Å². The molecule has 88 valence electrons. The molecule has 1 aliphatic heterocycles. The molecule has 1 aliphatic rings. The Kier molecular flexibility index (Phi) is 3.82. The van der Waals surface area contributed by atoms with E-state index in [1.54, 1.807) is 19.2 Å². The van der Waals surface area contributed by atoms with Crippen LogP contribution in [0, 0.1) is 5.82 Å². The van der Waals surface area contributed by atoms with Gasteiger partial charge in [0.25, 0.3) is 0 Å². The Morgan fingerprint density at radius 1 is 1.44 bits per heavy atom. The minimum Gasteiger partial charge on any atom is -0.497 e. The van der Waals surface area contributed by atoms with Gasteiger partial charge in [-0.1, -0.05) is 6.42 Å². The summed E-state index contributed by atoms with van der Waals surface area (Å²) in [5, 5.41) is 3.34. The fourth-order valence-corrected chi connectivity index (χ4v) is 2.53. The first-order valence-electron chi connectivity index (χ1n) is 5.48. The lowest BCUT2D eigenvalue weighted by atomic mass is 9.97. The van der Waals surface area contributed by atoms with Gasteiger partial charge in [-0.3, -0.25) is 0 Å². The monoisotopic (exact) mass is 287 g/mol. The van der Waals surface area contributed by atoms with E-state index >= 15 is 0 Å². The van der Waals surface area contributed by atoms with Gasteiger partial charge in [0.05, 0.1) is 11.6 Å². The molecule has 0 aliphatic carbocycles. The molecule has 1 unspecified atom stereocenters. The summed E-state index contributed by atoms with van der Waals surface area (Å²) >= 11 is 3.22. The molecule has 1 saturated heterocycles. The number of hydrogen-bond acceptors (Lipinski definition) is 2. The number of halogens is 2. The molecule has 1 N–H and O–H groups in total. The Balaban J connectivity index is 2.33. The molecule has 2 nitrogen and oxygen atoms in total. The summed E-state index contributed by atoms with van der Waals surface area (Å²) in [6.07, 6.45) is 3.30. The molecule has 1 aromatic rings. The second-order valence-electron chi connectivity index (χ2n) is 4.01. The van der Waals surface area contributed by atoms with Gasteiger partial charge in [0, 0.05) is 11.6 Å². The maximum absolute atomic E-state index is 14.0. The van der Waals surface area contributed by atoms with Crippen molar-refractivity contribution in [3.05, 3.63) is 28.0 Å². The van der Waals surface area contributed by atoms with Crippen molar-refractivity contribution < 1.29 is 9.13 Å². The van der Waals surface area contributed by atoms with Crippen molar-refractivity contribution in [2.45, 2.75) is 25.3 Å². The molecule has 0 amide bonds. The molecule has 0 radical (unpaired) electrons. The van der Waals surface area contributed by atoms with Gasteiger partial charge >= 0.3 is 0 Å². The van der Waals surface area contributed by atoms with E-state index in [2.05, 4.69) is 21.2 Å². The third-order valence-corrected chi connectivity index (χ3v) is 3.53. The minimum absolute atomic E-state index is 0.111. The van der Waals surface area contributed by atoms with E-state index in [0.717, 1.165) is 19.4 Å². The molecule has 4 heteroatoms. The highest BCUT2D eigenvalue weighted by Gasteiger charge is 2.20. The van der Waals surface area contributed by atoms with Crippen molar-refractivity contribution in [2.75, 3.05) is 13.7 Å². The molecule has 1 atom stereocenters. The standard InChI is InChI=1S/C12H15BrFNO/c1-16-8-6-9(12(14)10(13)7-8)11-4-2-3-5-15-11/h6-7,11,15H,2-5H2,1H3. The zero-order valence-electron chi connectivity index (χ0n) is 9.22. The third kappa shape index (κ3) is 2.38. The molecule has 0 bridgehead atoms. The lowest BCUT2D eigenvalue weighted by molar-refractivity contribution is 0.388. The van der Waals surface area contributed by atoms with Crippen LogP contribution < -0.4 is 10.1 Å². The van der Waals surface area contributed by atoms with Crippen LogP contribution in [-0.2, 0) is 0 Å². The van der Waals surface area contributed by atoms with Crippen LogP contribution in [-0.4, -0.2) is 13.7 Å². The quantitative estimate of drug-likeness (QED) is 0.900. The van der Waals surface area contributed by atoms with Gasteiger partial charge in [-0.25, -0.2) is 4.39 Å². The lowest BCUT2D eigenvalue weighted by Crippen LogP contribution is -2.27. The van der Waals surface area contributed by atoms with E-state index in [1.165, 1.54) is 6.42 Å². The highest BCUT2D eigenvalue weighted by molar-refractivity contribution is 9.10. The van der Waals surface area contributed by atoms with Crippen LogP contribution >= 0.6 is 15.9 Å². The predicted octanol–water partition coefficient (Wildman–Crippen LogP) is 3.41. The van der Waals surface area contributed by atoms with E-state index in [1.807, 2.05) is 0 Å². The minimum atomic E-state index is -0.180. The lowest BCUT2D eigenvalue weighted by Gasteiger charge is -2.24. The molecule has 0 aromatic heterocycles. The molecular weight excluding hydrogens is 273 g/mol. The second kappa shape index (κ2) is 5.15. The van der Waals surface area contributed by atoms with Crippen molar-refractivity contribution in [3.8, 4) is 5.75 Å². The normalized spacial score (nSPS) is 20.8. The van der Waals surface area contributed by atoms with Gasteiger partial charge in [0.1, 0.15) is 11.6 Å².